The molecule has 0 radical (unpaired) electrons. The molecule has 1 saturated carbocycles. The molecular weight excluding hydrogens is 306 g/mol. The summed E-state index contributed by atoms with van der Waals surface area (Å²) >= 11 is 1.49. The van der Waals surface area contributed by atoms with E-state index in [4.69, 9.17) is 0 Å². The number of aromatic nitrogens is 2. The molecule has 1 N–H and O–H groups in total. The number of fused-ring (bicyclic) bond motifs is 1. The number of thioether (sulfide) groups is 1. The number of carbonyl (C=O) groups excluding carboxylic acids is 1. The molecule has 1 fully saturated rings. The molecule has 1 aliphatic rings. The maximum Gasteiger partial charge on any atom is 0.230 e. The van der Waals surface area contributed by atoms with Gasteiger partial charge in [-0.2, -0.15) is 0 Å². The Bertz CT molecular complexity index is 686. The van der Waals surface area contributed by atoms with Crippen molar-refractivity contribution in [3.63, 3.8) is 0 Å². The Morgan fingerprint density at radius 3 is 2.96 bits per heavy atom. The Morgan fingerprint density at radius 1 is 1.26 bits per heavy atom. The Kier molecular flexibility index (Phi) is 5.16. The third kappa shape index (κ3) is 3.83. The largest absolute Gasteiger partial charge is 0.352 e. The summed E-state index contributed by atoms with van der Waals surface area (Å²) < 4.78 is 0. The first kappa shape index (κ1) is 16.2. The third-order valence-corrected chi connectivity index (χ3v) is 5.90. The van der Waals surface area contributed by atoms with E-state index in [0.717, 1.165) is 22.3 Å². The highest BCUT2D eigenvalue weighted by Gasteiger charge is 2.28. The molecular formula is C18H23N3OS. The third-order valence-electron chi connectivity index (χ3n) is 4.90. The summed E-state index contributed by atoms with van der Waals surface area (Å²) in [7, 11) is 0. The van der Waals surface area contributed by atoms with Crippen LogP contribution in [0.4, 0.5) is 0 Å². The van der Waals surface area contributed by atoms with Gasteiger partial charge in [0.25, 0.3) is 0 Å². The van der Waals surface area contributed by atoms with E-state index in [0.29, 0.717) is 23.6 Å². The Morgan fingerprint density at radius 2 is 2.09 bits per heavy atom. The molecule has 122 valence electrons. The molecule has 0 spiro atoms. The minimum absolute atomic E-state index is 0.101. The van der Waals surface area contributed by atoms with E-state index in [9.17, 15) is 4.79 Å². The van der Waals surface area contributed by atoms with Gasteiger partial charge in [0.2, 0.25) is 5.91 Å². The van der Waals surface area contributed by atoms with Crippen molar-refractivity contribution in [2.24, 2.45) is 11.8 Å². The molecule has 1 amide bonds. The highest BCUT2D eigenvalue weighted by molar-refractivity contribution is 8.00. The van der Waals surface area contributed by atoms with E-state index in [-0.39, 0.29) is 5.91 Å². The summed E-state index contributed by atoms with van der Waals surface area (Å²) in [5, 5.41) is 5.09. The van der Waals surface area contributed by atoms with Gasteiger partial charge in [-0.1, -0.05) is 56.7 Å². The van der Waals surface area contributed by atoms with Crippen LogP contribution in [-0.4, -0.2) is 27.7 Å². The molecule has 0 unspecified atom stereocenters. The number of carbonyl (C=O) groups is 1. The predicted octanol–water partition coefficient (Wildman–Crippen LogP) is 3.66. The number of rotatable bonds is 4. The molecule has 3 atom stereocenters. The van der Waals surface area contributed by atoms with Crippen molar-refractivity contribution in [3.8, 4) is 0 Å². The van der Waals surface area contributed by atoms with Gasteiger partial charge in [-0.15, -0.1) is 0 Å². The summed E-state index contributed by atoms with van der Waals surface area (Å²) in [5.41, 5.74) is 0.917. The van der Waals surface area contributed by atoms with Crippen LogP contribution in [0, 0.1) is 11.8 Å². The van der Waals surface area contributed by atoms with Crippen molar-refractivity contribution in [1.29, 1.82) is 0 Å². The summed E-state index contributed by atoms with van der Waals surface area (Å²) in [6.07, 6.45) is 5.14. The van der Waals surface area contributed by atoms with E-state index in [1.807, 2.05) is 24.3 Å². The monoisotopic (exact) mass is 329 g/mol. The van der Waals surface area contributed by atoms with Crippen LogP contribution in [0.25, 0.3) is 10.9 Å². The molecule has 0 aliphatic heterocycles. The zero-order valence-electron chi connectivity index (χ0n) is 13.7. The van der Waals surface area contributed by atoms with Crippen molar-refractivity contribution in [2.75, 3.05) is 5.75 Å². The van der Waals surface area contributed by atoms with E-state index in [1.165, 1.54) is 24.6 Å². The zero-order chi connectivity index (χ0) is 16.2. The van der Waals surface area contributed by atoms with Crippen LogP contribution in [0.1, 0.15) is 33.1 Å². The van der Waals surface area contributed by atoms with Crippen molar-refractivity contribution in [3.05, 3.63) is 30.6 Å². The number of nitrogens with zero attached hydrogens (tertiary/aromatic N) is 2. The maximum atomic E-state index is 12.3. The molecule has 4 nitrogen and oxygen atoms in total. The second-order valence-electron chi connectivity index (χ2n) is 6.43. The minimum Gasteiger partial charge on any atom is -0.352 e. The first-order valence-electron chi connectivity index (χ1n) is 8.27. The van der Waals surface area contributed by atoms with E-state index in [2.05, 4.69) is 29.1 Å². The number of amides is 1. The SMILES string of the molecule is C[C@H]1[C@@H](NC(=O)CSc2ncnc3ccccc23)CCC[C@@H]1C. The smallest absolute Gasteiger partial charge is 0.230 e. The van der Waals surface area contributed by atoms with Crippen LogP contribution >= 0.6 is 11.8 Å². The summed E-state index contributed by atoms with van der Waals surface area (Å²) in [6.45, 7) is 4.53. The fourth-order valence-electron chi connectivity index (χ4n) is 3.26. The highest BCUT2D eigenvalue weighted by atomic mass is 32.2. The van der Waals surface area contributed by atoms with E-state index in [1.54, 1.807) is 6.33 Å². The van der Waals surface area contributed by atoms with Gasteiger partial charge in [-0.3, -0.25) is 4.79 Å². The molecule has 1 aliphatic carbocycles. The second kappa shape index (κ2) is 7.30. The average Bonchev–Trinajstić information content (AvgIpc) is 2.57. The van der Waals surface area contributed by atoms with E-state index >= 15 is 0 Å². The Hall–Kier alpha value is -1.62. The van der Waals surface area contributed by atoms with Gasteiger partial charge >= 0.3 is 0 Å². The Labute approximate surface area is 141 Å². The zero-order valence-corrected chi connectivity index (χ0v) is 14.5. The van der Waals surface area contributed by atoms with Crippen molar-refractivity contribution < 1.29 is 4.79 Å². The topological polar surface area (TPSA) is 54.9 Å². The molecule has 0 saturated heterocycles. The average molecular weight is 329 g/mol. The molecule has 1 heterocycles. The fourth-order valence-corrected chi connectivity index (χ4v) is 4.06. The van der Waals surface area contributed by atoms with Crippen LogP contribution in [0.15, 0.2) is 35.6 Å². The minimum atomic E-state index is 0.101. The van der Waals surface area contributed by atoms with Gasteiger partial charge in [-0.05, 0) is 24.3 Å². The van der Waals surface area contributed by atoms with E-state index < -0.39 is 0 Å². The quantitative estimate of drug-likeness (QED) is 0.687. The summed E-state index contributed by atoms with van der Waals surface area (Å²) in [6, 6.07) is 8.21. The number of hydrogen-bond acceptors (Lipinski definition) is 4. The number of benzene rings is 1. The lowest BCUT2D eigenvalue weighted by Crippen LogP contribution is -2.44. The van der Waals surface area contributed by atoms with Gasteiger partial charge in [-0.25, -0.2) is 9.97 Å². The summed E-state index contributed by atoms with van der Waals surface area (Å²) in [5.74, 6) is 1.74. The van der Waals surface area contributed by atoms with Gasteiger partial charge in [0.1, 0.15) is 11.4 Å². The van der Waals surface area contributed by atoms with Gasteiger partial charge < -0.3 is 5.32 Å². The van der Waals surface area contributed by atoms with Crippen LogP contribution in [0.2, 0.25) is 0 Å². The first-order valence-corrected chi connectivity index (χ1v) is 9.25. The van der Waals surface area contributed by atoms with Crippen LogP contribution in [-0.2, 0) is 4.79 Å². The second-order valence-corrected chi connectivity index (χ2v) is 7.39. The summed E-state index contributed by atoms with van der Waals surface area (Å²) in [4.78, 5) is 20.9. The lowest BCUT2D eigenvalue weighted by atomic mass is 9.78. The molecule has 0 bridgehead atoms. The maximum absolute atomic E-state index is 12.3. The number of para-hydroxylation sites is 1. The predicted molar refractivity (Wildman–Crippen MR) is 94.4 cm³/mol. The lowest BCUT2D eigenvalue weighted by Gasteiger charge is -2.34. The molecule has 1 aromatic heterocycles. The fraction of sp³-hybridized carbons (Fsp3) is 0.500. The molecule has 2 aromatic rings. The molecule has 5 heteroatoms. The van der Waals surface area contributed by atoms with Crippen molar-refractivity contribution in [2.45, 2.75) is 44.2 Å². The van der Waals surface area contributed by atoms with Crippen molar-refractivity contribution in [1.82, 2.24) is 15.3 Å². The van der Waals surface area contributed by atoms with Crippen LogP contribution in [0.3, 0.4) is 0 Å². The number of nitrogens with one attached hydrogen (secondary N) is 1. The Balaban J connectivity index is 1.60. The van der Waals surface area contributed by atoms with Crippen LogP contribution < -0.4 is 5.32 Å². The van der Waals surface area contributed by atoms with Crippen molar-refractivity contribution >= 4 is 28.6 Å². The van der Waals surface area contributed by atoms with Crippen LogP contribution in [0.5, 0.6) is 0 Å². The van der Waals surface area contributed by atoms with Gasteiger partial charge in [0.15, 0.2) is 0 Å². The van der Waals surface area contributed by atoms with Gasteiger partial charge in [0, 0.05) is 11.4 Å². The molecule has 23 heavy (non-hydrogen) atoms. The molecule has 1 aromatic carbocycles. The standard InChI is InChI=1S/C18H23N3OS/c1-12-6-5-9-15(13(12)2)21-17(22)10-23-18-14-7-3-4-8-16(14)19-11-20-18/h3-4,7-8,11-13,15H,5-6,9-10H2,1-2H3,(H,21,22)/t12-,13+,15-/m0/s1. The normalized spacial score (nSPS) is 24.5. The lowest BCUT2D eigenvalue weighted by molar-refractivity contribution is -0.119. The molecule has 3 rings (SSSR count). The first-order chi connectivity index (χ1) is 11.1. The van der Waals surface area contributed by atoms with Gasteiger partial charge in [0.05, 0.1) is 11.3 Å². The number of hydrogen-bond donors (Lipinski definition) is 1. The highest BCUT2D eigenvalue weighted by Crippen LogP contribution is 2.30.